The van der Waals surface area contributed by atoms with Crippen molar-refractivity contribution in [2.45, 2.75) is 137 Å². The van der Waals surface area contributed by atoms with Gasteiger partial charge in [0, 0.05) is 11.8 Å². The van der Waals surface area contributed by atoms with E-state index in [4.69, 9.17) is 10.2 Å². The van der Waals surface area contributed by atoms with Gasteiger partial charge in [-0.15, -0.1) is 0 Å². The van der Waals surface area contributed by atoms with E-state index < -0.39 is 42.6 Å². The molecule has 16 heteroatoms. The van der Waals surface area contributed by atoms with Crippen LogP contribution in [0.25, 0.3) is 0 Å². The molecule has 0 radical (unpaired) electrons. The van der Waals surface area contributed by atoms with Gasteiger partial charge in [0.15, 0.2) is 0 Å². The van der Waals surface area contributed by atoms with Crippen LogP contribution in [0, 0.1) is 11.8 Å². The molecular weight excluding hydrogens is 650 g/mol. The van der Waals surface area contributed by atoms with E-state index in [2.05, 4.69) is 10.2 Å². The van der Waals surface area contributed by atoms with Crippen LogP contribution in [0.1, 0.15) is 138 Å². The Kier molecular flexibility index (Phi) is 14.0. The van der Waals surface area contributed by atoms with Gasteiger partial charge in [-0.2, -0.15) is 30.0 Å². The van der Waals surface area contributed by atoms with E-state index in [1.165, 1.54) is 38.5 Å². The first-order chi connectivity index (χ1) is 21.1. The minimum atomic E-state index is -4.65. The topological polar surface area (TPSA) is 176 Å². The normalized spacial score (nSPS) is 30.5. The van der Waals surface area contributed by atoms with Gasteiger partial charge in [-0.05, 0) is 76.0 Å². The van der Waals surface area contributed by atoms with Crippen LogP contribution in [0.3, 0.4) is 0 Å². The van der Waals surface area contributed by atoms with Crippen molar-refractivity contribution in [2.24, 2.45) is 11.8 Å². The Morgan fingerprint density at radius 2 is 0.957 bits per heavy atom. The first-order valence-electron chi connectivity index (χ1n) is 16.5. The molecule has 4 saturated carbocycles. The number of allylic oxidation sites excluding steroid dienone is 2. The van der Waals surface area contributed by atoms with Gasteiger partial charge >= 0.3 is 59.1 Å². The van der Waals surface area contributed by atoms with E-state index in [-0.39, 0.29) is 84.0 Å². The molecule has 0 N–H and O–H groups in total. The summed E-state index contributed by atoms with van der Waals surface area (Å²) in [6.07, 6.45) is 20.6. The van der Waals surface area contributed by atoms with Crippen molar-refractivity contribution < 1.29 is 85.1 Å². The average molecular weight is 695 g/mol. The number of nitrogens with zero attached hydrogens (tertiary/aromatic N) is 6. The van der Waals surface area contributed by atoms with Gasteiger partial charge in [0.25, 0.3) is 0 Å². The summed E-state index contributed by atoms with van der Waals surface area (Å²) in [5.41, 5.74) is 1.87. The van der Waals surface area contributed by atoms with Crippen LogP contribution in [0.5, 0.6) is 0 Å². The molecule has 6 unspecified atom stereocenters. The van der Waals surface area contributed by atoms with Crippen LogP contribution in [0.2, 0.25) is 0 Å². The fraction of sp³-hybridized carbons (Fsp3) is 0.800. The second-order valence-electron chi connectivity index (χ2n) is 13.6. The van der Waals surface area contributed by atoms with Gasteiger partial charge in [-0.25, -0.2) is 16.8 Å². The number of rotatable bonds is 8. The Morgan fingerprint density at radius 3 is 1.30 bits per heavy atom. The van der Waals surface area contributed by atoms with Gasteiger partial charge in [0.2, 0.25) is 0 Å². The summed E-state index contributed by atoms with van der Waals surface area (Å²) in [6, 6.07) is -0.591. The molecule has 0 saturated heterocycles. The maximum Gasteiger partial charge on any atom is 1.00 e. The predicted molar refractivity (Wildman–Crippen MR) is 161 cm³/mol. The quantitative estimate of drug-likeness (QED) is 0.184. The first-order valence-corrected chi connectivity index (χ1v) is 19.4. The standard InChI is InChI=1S/C30H46N6O6S2.2Na/c37-43(38,39)29-17-25(35-31-19-27(33-35)21-7-3-1-4-8-21)15-13-23(29)11-12-24-14-16-26(18-30(24)44(40,41)42)36-32-20-28(34-36)22-9-5-2-6-10-22;;/h11-12,19-26,29-30H,1-10,13-18H2,(H,37,38,39)(H,40,41,42);;/q;2*+1/p-2/b12-11+;;. The van der Waals surface area contributed by atoms with E-state index in [1.807, 2.05) is 0 Å². The minimum Gasteiger partial charge on any atom is -0.748 e. The molecule has 2 aromatic heterocycles. The molecule has 46 heavy (non-hydrogen) atoms. The van der Waals surface area contributed by atoms with Crippen LogP contribution in [0.4, 0.5) is 0 Å². The number of hydrogen-bond donors (Lipinski definition) is 0. The Labute approximate surface area is 317 Å². The summed E-state index contributed by atoms with van der Waals surface area (Å²) in [7, 11) is -9.29. The molecule has 0 aromatic carbocycles. The third-order valence-electron chi connectivity index (χ3n) is 10.7. The second kappa shape index (κ2) is 16.7. The van der Waals surface area contributed by atoms with Crippen LogP contribution in [-0.4, -0.2) is 66.4 Å². The zero-order valence-electron chi connectivity index (χ0n) is 27.2. The summed E-state index contributed by atoms with van der Waals surface area (Å²) in [6.45, 7) is 0. The fourth-order valence-corrected chi connectivity index (χ4v) is 10.4. The van der Waals surface area contributed by atoms with Crippen LogP contribution < -0.4 is 59.1 Å². The second-order valence-corrected chi connectivity index (χ2v) is 16.7. The van der Waals surface area contributed by atoms with Crippen LogP contribution >= 0.6 is 0 Å². The van der Waals surface area contributed by atoms with Crippen molar-refractivity contribution in [2.75, 3.05) is 0 Å². The van der Waals surface area contributed by atoms with E-state index >= 15 is 0 Å². The molecule has 0 bridgehead atoms. The largest absolute Gasteiger partial charge is 1.00 e. The summed E-state index contributed by atoms with van der Waals surface area (Å²) >= 11 is 0. The molecule has 2 aromatic rings. The number of hydrogen-bond acceptors (Lipinski definition) is 10. The predicted octanol–water partition coefficient (Wildman–Crippen LogP) is -1.26. The monoisotopic (exact) mass is 694 g/mol. The molecule has 6 rings (SSSR count). The zero-order chi connectivity index (χ0) is 30.9. The van der Waals surface area contributed by atoms with Crippen molar-refractivity contribution in [3.8, 4) is 0 Å². The molecule has 2 heterocycles. The summed E-state index contributed by atoms with van der Waals surface area (Å²) < 4.78 is 74.5. The molecule has 0 amide bonds. The molecule has 0 aliphatic heterocycles. The third kappa shape index (κ3) is 9.33. The first kappa shape index (κ1) is 38.6. The minimum absolute atomic E-state index is 0. The summed E-state index contributed by atoms with van der Waals surface area (Å²) in [5, 5.41) is 15.9. The maximum absolute atomic E-state index is 12.4. The van der Waals surface area contributed by atoms with E-state index in [9.17, 15) is 25.9 Å². The Morgan fingerprint density at radius 1 is 0.587 bits per heavy atom. The van der Waals surface area contributed by atoms with Crippen molar-refractivity contribution >= 4 is 20.2 Å². The van der Waals surface area contributed by atoms with Gasteiger partial charge in [0.05, 0.1) is 66.6 Å². The zero-order valence-corrected chi connectivity index (χ0v) is 32.8. The van der Waals surface area contributed by atoms with E-state index in [0.29, 0.717) is 37.5 Å². The van der Waals surface area contributed by atoms with Gasteiger partial charge < -0.3 is 9.11 Å². The fourth-order valence-electron chi connectivity index (χ4n) is 8.17. The molecule has 12 nitrogen and oxygen atoms in total. The van der Waals surface area contributed by atoms with Gasteiger partial charge in [0.1, 0.15) is 0 Å². The molecule has 6 atom stereocenters. The summed E-state index contributed by atoms with van der Waals surface area (Å²) in [5.74, 6) is -0.389. The molecular formula is C30H44N6Na2O6S2. The van der Waals surface area contributed by atoms with Crippen molar-refractivity contribution in [1.29, 1.82) is 0 Å². The van der Waals surface area contributed by atoms with E-state index in [1.54, 1.807) is 34.1 Å². The Hall–Kier alpha value is -0.160. The van der Waals surface area contributed by atoms with Crippen molar-refractivity contribution in [3.05, 3.63) is 35.9 Å². The Bertz CT molecular complexity index is 1410. The average Bonchev–Trinajstić information content (AvgIpc) is 3.71. The molecule has 4 fully saturated rings. The smallest absolute Gasteiger partial charge is 0.748 e. The third-order valence-corrected chi connectivity index (χ3v) is 13.3. The number of aromatic nitrogens is 6. The molecule has 244 valence electrons. The van der Waals surface area contributed by atoms with Crippen LogP contribution in [0.15, 0.2) is 24.5 Å². The van der Waals surface area contributed by atoms with Gasteiger partial charge in [-0.3, -0.25) is 0 Å². The van der Waals surface area contributed by atoms with Crippen molar-refractivity contribution in [1.82, 2.24) is 30.0 Å². The maximum atomic E-state index is 12.4. The molecule has 0 spiro atoms. The SMILES string of the molecule is O=S(=O)([O-])C1CC(n2ncc(C3CCCCC3)n2)CCC1/C=C/C1CCC(n2ncc(C3CCCCC3)n2)CC1S(=O)(=O)[O-].[Na+].[Na+]. The van der Waals surface area contributed by atoms with E-state index in [0.717, 1.165) is 37.1 Å². The summed E-state index contributed by atoms with van der Waals surface area (Å²) in [4.78, 5) is 3.18. The van der Waals surface area contributed by atoms with Gasteiger partial charge in [-0.1, -0.05) is 50.7 Å². The van der Waals surface area contributed by atoms with Crippen molar-refractivity contribution in [3.63, 3.8) is 0 Å². The molecule has 4 aliphatic carbocycles. The Balaban J connectivity index is 0.00000240. The van der Waals surface area contributed by atoms with Crippen LogP contribution in [-0.2, 0) is 20.2 Å². The molecule has 4 aliphatic rings.